The van der Waals surface area contributed by atoms with Gasteiger partial charge in [-0.2, -0.15) is 0 Å². The molecule has 1 nitrogen and oxygen atoms in total. The summed E-state index contributed by atoms with van der Waals surface area (Å²) >= 11 is 0. The summed E-state index contributed by atoms with van der Waals surface area (Å²) < 4.78 is 0. The molecule has 0 aliphatic heterocycles. The predicted octanol–water partition coefficient (Wildman–Crippen LogP) is 3.63. The van der Waals surface area contributed by atoms with Crippen molar-refractivity contribution < 1.29 is 0 Å². The van der Waals surface area contributed by atoms with Crippen molar-refractivity contribution >= 4 is 0 Å². The first-order chi connectivity index (χ1) is 8.74. The first-order valence-corrected chi connectivity index (χ1v) is 7.02. The van der Waals surface area contributed by atoms with Crippen LogP contribution in [0.5, 0.6) is 0 Å². The molecule has 1 fully saturated rings. The molecule has 0 bridgehead atoms. The Morgan fingerprint density at radius 1 is 1.39 bits per heavy atom. The summed E-state index contributed by atoms with van der Waals surface area (Å²) in [5.74, 6) is 3.58. The lowest BCUT2D eigenvalue weighted by molar-refractivity contribution is 0.275. The Morgan fingerprint density at radius 2 is 2.11 bits per heavy atom. The van der Waals surface area contributed by atoms with Crippen molar-refractivity contribution in [3.63, 3.8) is 0 Å². The average Bonchev–Trinajstić information content (AvgIpc) is 2.33. The van der Waals surface area contributed by atoms with Gasteiger partial charge in [-0.3, -0.25) is 0 Å². The summed E-state index contributed by atoms with van der Waals surface area (Å²) in [6.45, 7) is 4.39. The Hall–Kier alpha value is -1.26. The largest absolute Gasteiger partial charge is 0.301 e. The first-order valence-electron chi connectivity index (χ1n) is 7.02. The fourth-order valence-electron chi connectivity index (χ4n) is 2.84. The van der Waals surface area contributed by atoms with Crippen molar-refractivity contribution in [2.75, 3.05) is 0 Å². The normalized spacial score (nSPS) is 24.1. The molecule has 96 valence electrons. The highest BCUT2D eigenvalue weighted by Gasteiger charge is 2.31. The molecule has 0 amide bonds. The lowest BCUT2D eigenvalue weighted by Crippen LogP contribution is -2.45. The number of terminal acetylenes is 1. The van der Waals surface area contributed by atoms with Crippen molar-refractivity contribution in [2.24, 2.45) is 0 Å². The Labute approximate surface area is 111 Å². The zero-order chi connectivity index (χ0) is 13.0. The summed E-state index contributed by atoms with van der Waals surface area (Å²) in [5.41, 5.74) is 2.94. The molecule has 0 spiro atoms. The van der Waals surface area contributed by atoms with E-state index in [1.54, 1.807) is 0 Å². The second-order valence-corrected chi connectivity index (χ2v) is 5.40. The minimum atomic E-state index is 0.262. The van der Waals surface area contributed by atoms with Crippen LogP contribution in [0.4, 0.5) is 0 Å². The van der Waals surface area contributed by atoms with Gasteiger partial charge in [-0.1, -0.05) is 43.5 Å². The van der Waals surface area contributed by atoms with Crippen LogP contribution < -0.4 is 5.32 Å². The van der Waals surface area contributed by atoms with Gasteiger partial charge in [0, 0.05) is 6.04 Å². The Kier molecular flexibility index (Phi) is 4.44. The number of rotatable bonds is 5. The van der Waals surface area contributed by atoms with E-state index in [1.165, 1.54) is 24.0 Å². The maximum Gasteiger partial charge on any atom is 0.0688 e. The van der Waals surface area contributed by atoms with E-state index in [-0.39, 0.29) is 6.04 Å². The van der Waals surface area contributed by atoms with Crippen LogP contribution in [-0.2, 0) is 0 Å². The molecule has 1 aromatic rings. The highest BCUT2D eigenvalue weighted by atomic mass is 15.0. The van der Waals surface area contributed by atoms with E-state index in [1.807, 2.05) is 0 Å². The maximum atomic E-state index is 5.54. The molecule has 1 atom stereocenters. The van der Waals surface area contributed by atoms with Gasteiger partial charge in [-0.15, -0.1) is 6.42 Å². The van der Waals surface area contributed by atoms with Gasteiger partial charge < -0.3 is 5.32 Å². The van der Waals surface area contributed by atoms with Crippen LogP contribution in [0.15, 0.2) is 24.3 Å². The monoisotopic (exact) mass is 241 g/mol. The molecule has 1 aromatic carbocycles. The summed E-state index contributed by atoms with van der Waals surface area (Å²) in [4.78, 5) is 0. The number of hydrogen-bond donors (Lipinski definition) is 1. The molecular weight excluding hydrogens is 218 g/mol. The van der Waals surface area contributed by atoms with Gasteiger partial charge in [0.25, 0.3) is 0 Å². The lowest BCUT2D eigenvalue weighted by atomic mass is 9.74. The van der Waals surface area contributed by atoms with Crippen LogP contribution in [0.2, 0.25) is 0 Å². The molecule has 1 heteroatoms. The van der Waals surface area contributed by atoms with E-state index in [0.29, 0.717) is 6.04 Å². The topological polar surface area (TPSA) is 12.0 Å². The molecule has 1 aliphatic rings. The van der Waals surface area contributed by atoms with Crippen LogP contribution in [-0.4, -0.2) is 12.1 Å². The third kappa shape index (κ3) is 2.94. The number of hydrogen-bond acceptors (Lipinski definition) is 1. The molecular formula is C17H23N. The molecule has 0 heterocycles. The second-order valence-electron chi connectivity index (χ2n) is 5.40. The zero-order valence-corrected chi connectivity index (χ0v) is 11.4. The molecule has 0 aromatic heterocycles. The van der Waals surface area contributed by atoms with Gasteiger partial charge in [0.1, 0.15) is 0 Å². The fourth-order valence-corrected chi connectivity index (χ4v) is 2.84. The van der Waals surface area contributed by atoms with E-state index < -0.39 is 0 Å². The van der Waals surface area contributed by atoms with Gasteiger partial charge >= 0.3 is 0 Å². The average molecular weight is 241 g/mol. The molecule has 0 saturated heterocycles. The third-order valence-corrected chi connectivity index (χ3v) is 3.98. The standard InChI is InChI=1S/C17H23N/c1-4-8-15(5-2)18-16-11-14(12-16)17-10-7-6-9-13(17)3/h2,6-7,9-10,14-16,18H,4,8,11-12H2,1,3H3. The maximum absolute atomic E-state index is 5.54. The minimum Gasteiger partial charge on any atom is -0.301 e. The molecule has 18 heavy (non-hydrogen) atoms. The minimum absolute atomic E-state index is 0.262. The van der Waals surface area contributed by atoms with Gasteiger partial charge in [0.05, 0.1) is 6.04 Å². The van der Waals surface area contributed by atoms with Crippen LogP contribution in [0.1, 0.15) is 49.7 Å². The molecule has 1 N–H and O–H groups in total. The van der Waals surface area contributed by atoms with E-state index in [9.17, 15) is 0 Å². The molecule has 2 rings (SSSR count). The Morgan fingerprint density at radius 3 is 2.72 bits per heavy atom. The number of aryl methyl sites for hydroxylation is 1. The van der Waals surface area contributed by atoms with Crippen LogP contribution in [0, 0.1) is 19.3 Å². The van der Waals surface area contributed by atoms with E-state index in [0.717, 1.165) is 18.8 Å². The van der Waals surface area contributed by atoms with Gasteiger partial charge in [-0.25, -0.2) is 0 Å². The fraction of sp³-hybridized carbons (Fsp3) is 0.529. The van der Waals surface area contributed by atoms with Gasteiger partial charge in [0.15, 0.2) is 0 Å². The van der Waals surface area contributed by atoms with Crippen LogP contribution >= 0.6 is 0 Å². The van der Waals surface area contributed by atoms with Crippen LogP contribution in [0.3, 0.4) is 0 Å². The highest BCUT2D eigenvalue weighted by Crippen LogP contribution is 2.38. The molecule has 1 unspecified atom stereocenters. The Bertz CT molecular complexity index is 423. The number of nitrogens with one attached hydrogen (secondary N) is 1. The summed E-state index contributed by atoms with van der Waals surface area (Å²) in [7, 11) is 0. The Balaban J connectivity index is 1.84. The van der Waals surface area contributed by atoms with E-state index in [2.05, 4.69) is 49.4 Å². The molecule has 1 saturated carbocycles. The van der Waals surface area contributed by atoms with Crippen molar-refractivity contribution in [2.45, 2.75) is 57.5 Å². The quantitative estimate of drug-likeness (QED) is 0.776. The van der Waals surface area contributed by atoms with Crippen molar-refractivity contribution in [3.8, 4) is 12.3 Å². The second kappa shape index (κ2) is 6.07. The smallest absolute Gasteiger partial charge is 0.0688 e. The van der Waals surface area contributed by atoms with Gasteiger partial charge in [-0.05, 0) is 43.2 Å². The number of benzene rings is 1. The summed E-state index contributed by atoms with van der Waals surface area (Å²) in [6, 6.07) is 9.60. The van der Waals surface area contributed by atoms with Crippen molar-refractivity contribution in [3.05, 3.63) is 35.4 Å². The zero-order valence-electron chi connectivity index (χ0n) is 11.4. The predicted molar refractivity (Wildman–Crippen MR) is 77.6 cm³/mol. The van der Waals surface area contributed by atoms with Gasteiger partial charge in [0.2, 0.25) is 0 Å². The van der Waals surface area contributed by atoms with Crippen molar-refractivity contribution in [1.82, 2.24) is 5.32 Å². The first kappa shape index (κ1) is 13.2. The highest BCUT2D eigenvalue weighted by molar-refractivity contribution is 5.31. The SMILES string of the molecule is C#CC(CCC)NC1CC(c2ccccc2C)C1. The summed E-state index contributed by atoms with van der Waals surface area (Å²) in [5, 5.41) is 3.59. The molecule has 1 aliphatic carbocycles. The molecule has 0 radical (unpaired) electrons. The third-order valence-electron chi connectivity index (χ3n) is 3.98. The van der Waals surface area contributed by atoms with E-state index >= 15 is 0 Å². The lowest BCUT2D eigenvalue weighted by Gasteiger charge is -2.38. The van der Waals surface area contributed by atoms with Crippen molar-refractivity contribution in [1.29, 1.82) is 0 Å². The van der Waals surface area contributed by atoms with Crippen LogP contribution in [0.25, 0.3) is 0 Å². The summed E-state index contributed by atoms with van der Waals surface area (Å²) in [6.07, 6.45) is 10.2. The van der Waals surface area contributed by atoms with E-state index in [4.69, 9.17) is 6.42 Å².